The van der Waals surface area contributed by atoms with Gasteiger partial charge in [0, 0.05) is 44.3 Å². The topological polar surface area (TPSA) is 66.4 Å². The molecule has 2 fully saturated rings. The molecule has 1 aromatic carbocycles. The first-order chi connectivity index (χ1) is 14.3. The summed E-state index contributed by atoms with van der Waals surface area (Å²) in [5.41, 5.74) is 2.11. The molecule has 4 rings (SSSR count). The fraction of sp³-hybridized carbons (Fsp3) is 0.545. The van der Waals surface area contributed by atoms with Crippen molar-refractivity contribution in [1.82, 2.24) is 9.97 Å². The van der Waals surface area contributed by atoms with E-state index in [9.17, 15) is 8.42 Å². The van der Waals surface area contributed by atoms with Crippen LogP contribution >= 0.6 is 15.9 Å². The standard InChI is InChI=1S/C22H29BrN4O2S/c1-16-21(23)15-24-22(25-16)27-13-9-18(10-14-27)17-7-11-26(12-8-17)19-3-5-20(6-4-19)30(2,28)29/h3-6,15,17-18H,7-14H2,1-2H3. The Hall–Kier alpha value is -1.67. The maximum absolute atomic E-state index is 11.7. The average molecular weight is 493 g/mol. The molecule has 3 heterocycles. The summed E-state index contributed by atoms with van der Waals surface area (Å²) in [7, 11) is -3.14. The molecule has 8 heteroatoms. The molecule has 0 amide bonds. The third kappa shape index (κ3) is 4.80. The Morgan fingerprint density at radius 2 is 1.47 bits per heavy atom. The minimum Gasteiger partial charge on any atom is -0.372 e. The minimum absolute atomic E-state index is 0.387. The van der Waals surface area contributed by atoms with Gasteiger partial charge in [0.2, 0.25) is 5.95 Å². The van der Waals surface area contributed by atoms with Crippen LogP contribution in [-0.4, -0.2) is 50.8 Å². The van der Waals surface area contributed by atoms with E-state index in [-0.39, 0.29) is 0 Å². The molecule has 2 aromatic rings. The van der Waals surface area contributed by atoms with Crippen LogP contribution in [0.25, 0.3) is 0 Å². The van der Waals surface area contributed by atoms with Gasteiger partial charge < -0.3 is 9.80 Å². The third-order valence-corrected chi connectivity index (χ3v) is 8.47. The third-order valence-electron chi connectivity index (χ3n) is 6.57. The quantitative estimate of drug-likeness (QED) is 0.640. The molecule has 0 N–H and O–H groups in total. The number of hydrogen-bond donors (Lipinski definition) is 0. The van der Waals surface area contributed by atoms with Gasteiger partial charge in [-0.1, -0.05) is 0 Å². The molecule has 0 aliphatic carbocycles. The molecule has 0 saturated carbocycles. The van der Waals surface area contributed by atoms with Crippen molar-refractivity contribution in [2.24, 2.45) is 11.8 Å². The zero-order chi connectivity index (χ0) is 21.3. The molecule has 6 nitrogen and oxygen atoms in total. The summed E-state index contributed by atoms with van der Waals surface area (Å²) in [6.07, 6.45) is 7.90. The van der Waals surface area contributed by atoms with E-state index >= 15 is 0 Å². The number of sulfone groups is 1. The molecule has 0 atom stereocenters. The average Bonchev–Trinajstić information content (AvgIpc) is 2.75. The van der Waals surface area contributed by atoms with E-state index in [0.717, 1.165) is 59.8 Å². The zero-order valence-electron chi connectivity index (χ0n) is 17.6. The lowest BCUT2D eigenvalue weighted by atomic mass is 9.79. The number of rotatable bonds is 4. The first kappa shape index (κ1) is 21.6. The van der Waals surface area contributed by atoms with Crippen LogP contribution in [0.1, 0.15) is 31.4 Å². The lowest BCUT2D eigenvalue weighted by Crippen LogP contribution is -2.41. The summed E-state index contributed by atoms with van der Waals surface area (Å²) in [6, 6.07) is 7.32. The number of benzene rings is 1. The minimum atomic E-state index is -3.14. The predicted octanol–water partition coefficient (Wildman–Crippen LogP) is 4.08. The van der Waals surface area contributed by atoms with Crippen molar-refractivity contribution in [3.63, 3.8) is 0 Å². The molecule has 0 bridgehead atoms. The van der Waals surface area contributed by atoms with Crippen molar-refractivity contribution in [3.8, 4) is 0 Å². The van der Waals surface area contributed by atoms with Gasteiger partial charge in [-0.15, -0.1) is 0 Å². The van der Waals surface area contributed by atoms with E-state index in [1.54, 1.807) is 12.1 Å². The number of anilines is 2. The van der Waals surface area contributed by atoms with E-state index in [0.29, 0.717) is 4.90 Å². The molecule has 162 valence electrons. The summed E-state index contributed by atoms with van der Waals surface area (Å²) >= 11 is 3.47. The number of aromatic nitrogens is 2. The van der Waals surface area contributed by atoms with Gasteiger partial charge in [-0.25, -0.2) is 18.4 Å². The smallest absolute Gasteiger partial charge is 0.225 e. The normalized spacial score (nSPS) is 19.3. The number of halogens is 1. The van der Waals surface area contributed by atoms with Crippen LogP contribution in [0.15, 0.2) is 39.8 Å². The van der Waals surface area contributed by atoms with Gasteiger partial charge in [-0.05, 0) is 84.6 Å². The van der Waals surface area contributed by atoms with E-state index < -0.39 is 9.84 Å². The fourth-order valence-corrected chi connectivity index (χ4v) is 5.52. The van der Waals surface area contributed by atoms with Gasteiger partial charge in [0.25, 0.3) is 0 Å². The van der Waals surface area contributed by atoms with Crippen LogP contribution in [0.2, 0.25) is 0 Å². The van der Waals surface area contributed by atoms with Crippen LogP contribution in [0.3, 0.4) is 0 Å². The lowest BCUT2D eigenvalue weighted by Gasteiger charge is -2.41. The Kier molecular flexibility index (Phi) is 6.34. The van der Waals surface area contributed by atoms with Crippen LogP contribution in [-0.2, 0) is 9.84 Å². The Morgan fingerprint density at radius 3 is 1.97 bits per heavy atom. The maximum atomic E-state index is 11.7. The van der Waals surface area contributed by atoms with Crippen LogP contribution < -0.4 is 9.80 Å². The summed E-state index contributed by atoms with van der Waals surface area (Å²) in [4.78, 5) is 14.2. The highest BCUT2D eigenvalue weighted by atomic mass is 79.9. The van der Waals surface area contributed by atoms with E-state index in [1.807, 2.05) is 25.3 Å². The molecule has 1 aromatic heterocycles. The second-order valence-electron chi connectivity index (χ2n) is 8.52. The molecule has 2 aliphatic heterocycles. The first-order valence-electron chi connectivity index (χ1n) is 10.6. The molecule has 0 spiro atoms. The number of piperidine rings is 2. The monoisotopic (exact) mass is 492 g/mol. The van der Waals surface area contributed by atoms with Gasteiger partial charge in [0.1, 0.15) is 0 Å². The fourth-order valence-electron chi connectivity index (χ4n) is 4.70. The van der Waals surface area contributed by atoms with Crippen molar-refractivity contribution in [2.45, 2.75) is 37.5 Å². The molecule has 0 unspecified atom stereocenters. The van der Waals surface area contributed by atoms with Crippen molar-refractivity contribution in [3.05, 3.63) is 40.6 Å². The van der Waals surface area contributed by atoms with Crippen molar-refractivity contribution >= 4 is 37.4 Å². The van der Waals surface area contributed by atoms with Gasteiger partial charge >= 0.3 is 0 Å². The second kappa shape index (κ2) is 8.83. The highest BCUT2D eigenvalue weighted by molar-refractivity contribution is 9.10. The summed E-state index contributed by atoms with van der Waals surface area (Å²) in [5.74, 6) is 2.39. The Labute approximate surface area is 187 Å². The zero-order valence-corrected chi connectivity index (χ0v) is 20.0. The Balaban J connectivity index is 1.29. The van der Waals surface area contributed by atoms with E-state index in [4.69, 9.17) is 0 Å². The van der Waals surface area contributed by atoms with Crippen LogP contribution in [0, 0.1) is 18.8 Å². The summed E-state index contributed by atoms with van der Waals surface area (Å²) in [5, 5.41) is 0. The summed E-state index contributed by atoms with van der Waals surface area (Å²) in [6.45, 7) is 6.14. The SMILES string of the molecule is Cc1nc(N2CCC(C3CCN(c4ccc(S(C)(=O)=O)cc4)CC3)CC2)ncc1Br. The molecule has 0 radical (unpaired) electrons. The molecule has 2 aliphatic rings. The molecule has 30 heavy (non-hydrogen) atoms. The van der Waals surface area contributed by atoms with E-state index in [2.05, 4.69) is 35.7 Å². The highest BCUT2D eigenvalue weighted by Crippen LogP contribution is 2.34. The van der Waals surface area contributed by atoms with Gasteiger partial charge in [-0.2, -0.15) is 0 Å². The van der Waals surface area contributed by atoms with Crippen LogP contribution in [0.4, 0.5) is 11.6 Å². The lowest BCUT2D eigenvalue weighted by molar-refractivity contribution is 0.232. The van der Waals surface area contributed by atoms with Crippen molar-refractivity contribution in [2.75, 3.05) is 42.2 Å². The molecular formula is C22H29BrN4O2S. The van der Waals surface area contributed by atoms with E-state index in [1.165, 1.54) is 31.9 Å². The summed E-state index contributed by atoms with van der Waals surface area (Å²) < 4.78 is 24.3. The number of hydrogen-bond acceptors (Lipinski definition) is 6. The van der Waals surface area contributed by atoms with Crippen molar-refractivity contribution < 1.29 is 8.42 Å². The Bertz CT molecular complexity index is 981. The van der Waals surface area contributed by atoms with Crippen molar-refractivity contribution in [1.29, 1.82) is 0 Å². The second-order valence-corrected chi connectivity index (χ2v) is 11.4. The van der Waals surface area contributed by atoms with Gasteiger partial charge in [0.05, 0.1) is 15.1 Å². The predicted molar refractivity (Wildman–Crippen MR) is 124 cm³/mol. The largest absolute Gasteiger partial charge is 0.372 e. The van der Waals surface area contributed by atoms with Gasteiger partial charge in [-0.3, -0.25) is 0 Å². The van der Waals surface area contributed by atoms with Gasteiger partial charge in [0.15, 0.2) is 9.84 Å². The first-order valence-corrected chi connectivity index (χ1v) is 13.3. The number of nitrogens with zero attached hydrogens (tertiary/aromatic N) is 4. The number of aryl methyl sites for hydroxylation is 1. The van der Waals surface area contributed by atoms with Crippen LogP contribution in [0.5, 0.6) is 0 Å². The maximum Gasteiger partial charge on any atom is 0.225 e. The highest BCUT2D eigenvalue weighted by Gasteiger charge is 2.30. The Morgan fingerprint density at radius 1 is 0.933 bits per heavy atom. The molecular weight excluding hydrogens is 464 g/mol. The molecule has 2 saturated heterocycles.